The van der Waals surface area contributed by atoms with Crippen LogP contribution >= 0.6 is 0 Å². The molecule has 3 nitrogen and oxygen atoms in total. The lowest BCUT2D eigenvalue weighted by atomic mass is 10.1. The zero-order valence-electron chi connectivity index (χ0n) is 13.4. The molecular weight excluding hydrogens is 253 g/mol. The molecule has 1 rings (SSSR count). The van der Waals surface area contributed by atoms with E-state index in [2.05, 4.69) is 22.0 Å². The van der Waals surface area contributed by atoms with Crippen LogP contribution in [0.2, 0.25) is 0 Å². The number of anilines is 1. The van der Waals surface area contributed by atoms with Crippen LogP contribution in [0.3, 0.4) is 0 Å². The van der Waals surface area contributed by atoms with Gasteiger partial charge in [-0.1, -0.05) is 13.0 Å². The summed E-state index contributed by atoms with van der Waals surface area (Å²) in [6.07, 6.45) is 1.02. The van der Waals surface area contributed by atoms with E-state index in [4.69, 9.17) is 0 Å². The fraction of sp³-hybridized carbons (Fsp3) is 0.625. The van der Waals surface area contributed by atoms with E-state index >= 15 is 0 Å². The first-order valence-electron chi connectivity index (χ1n) is 7.36. The molecule has 0 bridgehead atoms. The number of halogens is 1. The molecule has 1 aromatic rings. The number of rotatable bonds is 8. The Morgan fingerprint density at radius 3 is 2.40 bits per heavy atom. The van der Waals surface area contributed by atoms with E-state index in [1.807, 2.05) is 40.2 Å². The maximum atomic E-state index is 14.4. The smallest absolute Gasteiger partial charge is 0.146 e. The van der Waals surface area contributed by atoms with Gasteiger partial charge in [0, 0.05) is 25.7 Å². The van der Waals surface area contributed by atoms with Gasteiger partial charge in [-0.05, 0) is 52.2 Å². The summed E-state index contributed by atoms with van der Waals surface area (Å²) in [6.45, 7) is 6.81. The molecule has 0 radical (unpaired) electrons. The van der Waals surface area contributed by atoms with Crippen molar-refractivity contribution in [2.75, 3.05) is 45.7 Å². The minimum absolute atomic E-state index is 0.128. The number of likely N-dealkylation sites (N-methyl/N-ethyl adjacent to an activating group) is 1. The molecule has 0 amide bonds. The molecule has 0 aromatic heterocycles. The number of nitrogens with zero attached hydrogens (tertiary/aromatic N) is 2. The molecule has 0 aliphatic heterocycles. The normalized spacial score (nSPS) is 12.8. The average Bonchev–Trinajstić information content (AvgIpc) is 2.42. The van der Waals surface area contributed by atoms with E-state index in [0.29, 0.717) is 5.69 Å². The van der Waals surface area contributed by atoms with E-state index in [1.165, 1.54) is 0 Å². The first-order valence-corrected chi connectivity index (χ1v) is 7.36. The van der Waals surface area contributed by atoms with Crippen molar-refractivity contribution in [2.24, 2.45) is 0 Å². The molecule has 0 heterocycles. The molecular formula is C16H28FN3. The molecule has 114 valence electrons. The van der Waals surface area contributed by atoms with Crippen LogP contribution in [0.1, 0.15) is 31.9 Å². The van der Waals surface area contributed by atoms with Gasteiger partial charge in [0.1, 0.15) is 5.82 Å². The number of hydrogen-bond acceptors (Lipinski definition) is 3. The van der Waals surface area contributed by atoms with Crippen LogP contribution in [0.4, 0.5) is 10.1 Å². The lowest BCUT2D eigenvalue weighted by Crippen LogP contribution is -2.33. The topological polar surface area (TPSA) is 18.5 Å². The standard InChI is InChI=1S/C16H28FN3/c1-6-9-20(11-10-19(4)5)16-8-7-14(12-15(16)17)13(2)18-3/h7-8,12-13,18H,6,9-11H2,1-5H3. The molecule has 0 saturated heterocycles. The molecule has 1 unspecified atom stereocenters. The fourth-order valence-corrected chi connectivity index (χ4v) is 2.16. The summed E-state index contributed by atoms with van der Waals surface area (Å²) < 4.78 is 14.4. The maximum absolute atomic E-state index is 14.4. The molecule has 1 atom stereocenters. The van der Waals surface area contributed by atoms with Gasteiger partial charge in [-0.3, -0.25) is 0 Å². The second kappa shape index (κ2) is 8.22. The van der Waals surface area contributed by atoms with E-state index in [0.717, 1.165) is 31.6 Å². The molecule has 4 heteroatoms. The van der Waals surface area contributed by atoms with Gasteiger partial charge < -0.3 is 15.1 Å². The SMILES string of the molecule is CCCN(CCN(C)C)c1ccc(C(C)NC)cc1F. The van der Waals surface area contributed by atoms with Crippen molar-refractivity contribution in [2.45, 2.75) is 26.3 Å². The predicted molar refractivity (Wildman–Crippen MR) is 84.9 cm³/mol. The Balaban J connectivity index is 2.90. The fourth-order valence-electron chi connectivity index (χ4n) is 2.16. The number of hydrogen-bond donors (Lipinski definition) is 1. The van der Waals surface area contributed by atoms with Gasteiger partial charge in [0.05, 0.1) is 5.69 Å². The van der Waals surface area contributed by atoms with Gasteiger partial charge in [0.15, 0.2) is 0 Å². The van der Waals surface area contributed by atoms with E-state index in [-0.39, 0.29) is 11.9 Å². The summed E-state index contributed by atoms with van der Waals surface area (Å²) in [7, 11) is 5.97. The van der Waals surface area contributed by atoms with Crippen LogP contribution in [-0.4, -0.2) is 45.7 Å². The summed E-state index contributed by atoms with van der Waals surface area (Å²) in [5.41, 5.74) is 1.69. The summed E-state index contributed by atoms with van der Waals surface area (Å²) in [5, 5.41) is 3.14. The van der Waals surface area contributed by atoms with Crippen LogP contribution < -0.4 is 10.2 Å². The lowest BCUT2D eigenvalue weighted by Gasteiger charge is -2.27. The quantitative estimate of drug-likeness (QED) is 0.790. The van der Waals surface area contributed by atoms with Crippen molar-refractivity contribution >= 4 is 5.69 Å². The minimum Gasteiger partial charge on any atom is -0.368 e. The lowest BCUT2D eigenvalue weighted by molar-refractivity contribution is 0.412. The largest absolute Gasteiger partial charge is 0.368 e. The maximum Gasteiger partial charge on any atom is 0.146 e. The number of benzene rings is 1. The van der Waals surface area contributed by atoms with Crippen molar-refractivity contribution in [1.29, 1.82) is 0 Å². The average molecular weight is 281 g/mol. The molecule has 0 spiro atoms. The van der Waals surface area contributed by atoms with Gasteiger partial charge in [0.25, 0.3) is 0 Å². The summed E-state index contributed by atoms with van der Waals surface area (Å²) in [5.74, 6) is -0.128. The van der Waals surface area contributed by atoms with Gasteiger partial charge in [0.2, 0.25) is 0 Å². The minimum atomic E-state index is -0.128. The highest BCUT2D eigenvalue weighted by atomic mass is 19.1. The third-order valence-corrected chi connectivity index (χ3v) is 3.56. The highest BCUT2D eigenvalue weighted by molar-refractivity contribution is 5.49. The predicted octanol–water partition coefficient (Wildman–Crippen LogP) is 2.88. The van der Waals surface area contributed by atoms with Gasteiger partial charge in [-0.15, -0.1) is 0 Å². The first kappa shape index (κ1) is 16.9. The Morgan fingerprint density at radius 1 is 1.20 bits per heavy atom. The first-order chi connectivity index (χ1) is 9.49. The van der Waals surface area contributed by atoms with Crippen LogP contribution in [0, 0.1) is 5.82 Å². The number of nitrogens with one attached hydrogen (secondary N) is 1. The molecule has 0 aliphatic carbocycles. The second-order valence-electron chi connectivity index (χ2n) is 5.51. The zero-order chi connectivity index (χ0) is 15.1. The third-order valence-electron chi connectivity index (χ3n) is 3.56. The second-order valence-corrected chi connectivity index (χ2v) is 5.51. The van der Waals surface area contributed by atoms with Crippen molar-refractivity contribution in [3.05, 3.63) is 29.6 Å². The van der Waals surface area contributed by atoms with Crippen molar-refractivity contribution in [3.63, 3.8) is 0 Å². The van der Waals surface area contributed by atoms with Crippen molar-refractivity contribution < 1.29 is 4.39 Å². The third kappa shape index (κ3) is 4.76. The zero-order valence-corrected chi connectivity index (χ0v) is 13.4. The molecule has 0 aliphatic rings. The molecule has 1 N–H and O–H groups in total. The Kier molecular flexibility index (Phi) is 6.96. The van der Waals surface area contributed by atoms with Crippen molar-refractivity contribution in [1.82, 2.24) is 10.2 Å². The Bertz CT molecular complexity index is 407. The monoisotopic (exact) mass is 281 g/mol. The Morgan fingerprint density at radius 2 is 1.90 bits per heavy atom. The van der Waals surface area contributed by atoms with Crippen molar-refractivity contribution in [3.8, 4) is 0 Å². The Hall–Kier alpha value is -1.13. The summed E-state index contributed by atoms with van der Waals surface area (Å²) >= 11 is 0. The van der Waals surface area contributed by atoms with Gasteiger partial charge >= 0.3 is 0 Å². The summed E-state index contributed by atoms with van der Waals surface area (Å²) in [6, 6.07) is 5.73. The van der Waals surface area contributed by atoms with Crippen LogP contribution in [-0.2, 0) is 0 Å². The molecule has 0 saturated carbocycles. The highest BCUT2D eigenvalue weighted by Gasteiger charge is 2.13. The van der Waals surface area contributed by atoms with Crippen LogP contribution in [0.25, 0.3) is 0 Å². The molecule has 1 aromatic carbocycles. The van der Waals surface area contributed by atoms with Crippen LogP contribution in [0.5, 0.6) is 0 Å². The highest BCUT2D eigenvalue weighted by Crippen LogP contribution is 2.23. The van der Waals surface area contributed by atoms with E-state index in [1.54, 1.807) is 6.07 Å². The van der Waals surface area contributed by atoms with Crippen LogP contribution in [0.15, 0.2) is 18.2 Å². The summed E-state index contributed by atoms with van der Waals surface area (Å²) in [4.78, 5) is 4.25. The Labute approximate surface area is 122 Å². The molecule has 20 heavy (non-hydrogen) atoms. The van der Waals surface area contributed by atoms with E-state index in [9.17, 15) is 4.39 Å². The van der Waals surface area contributed by atoms with Gasteiger partial charge in [-0.2, -0.15) is 0 Å². The van der Waals surface area contributed by atoms with E-state index < -0.39 is 0 Å². The van der Waals surface area contributed by atoms with Gasteiger partial charge in [-0.25, -0.2) is 4.39 Å². The molecule has 0 fully saturated rings.